The second-order valence-corrected chi connectivity index (χ2v) is 86.3. The highest BCUT2D eigenvalue weighted by Gasteiger charge is 2.70. The summed E-state index contributed by atoms with van der Waals surface area (Å²) < 4.78 is 151. The van der Waals surface area contributed by atoms with Gasteiger partial charge in [0.15, 0.2) is 0 Å². The maximum Gasteiger partial charge on any atom is 0.522 e. The summed E-state index contributed by atoms with van der Waals surface area (Å²) in [6.45, 7) is 33.2. The third-order valence-electron chi connectivity index (χ3n) is 7.18. The van der Waals surface area contributed by atoms with Crippen LogP contribution in [0.25, 0.3) is 0 Å². The molecular formula is C20H54F6N2O6P2S2Si8. The molecule has 0 atom stereocenters. The Balaban J connectivity index is 8.54. The summed E-state index contributed by atoms with van der Waals surface area (Å²) >= 11 is 0. The van der Waals surface area contributed by atoms with Crippen LogP contribution in [0.5, 0.6) is 0 Å². The van der Waals surface area contributed by atoms with E-state index in [1.54, 1.807) is 0 Å². The SMILES string of the molecule is C[Si](C)(C)N(P=PN([Si](C)(C)C)[Si](OS(=O)(=O)C(F)(F)F)([Si](C)(C)C)[Si](C)(C)C)[Si](OS(=O)(=O)C(F)(F)F)([Si](C)(C)C)[Si](C)(C)C. The molecule has 0 aromatic carbocycles. The summed E-state index contributed by atoms with van der Waals surface area (Å²) in [5, 5.41) is 0. The maximum absolute atomic E-state index is 14.0. The second-order valence-electron chi connectivity index (χ2n) is 17.4. The first-order valence-corrected chi connectivity index (χ1v) is 48.3. The fourth-order valence-electron chi connectivity index (χ4n) is 5.92. The molecule has 0 aromatic heterocycles. The fraction of sp³-hybridized carbons (Fsp3) is 1.00. The summed E-state index contributed by atoms with van der Waals surface area (Å²) in [5.74, 6) is 0. The lowest BCUT2D eigenvalue weighted by molar-refractivity contribution is -0.0507. The van der Waals surface area contributed by atoms with Gasteiger partial charge < -0.3 is 0 Å². The van der Waals surface area contributed by atoms with Gasteiger partial charge in [0.1, 0.15) is 16.5 Å². The van der Waals surface area contributed by atoms with Crippen LogP contribution in [0.15, 0.2) is 0 Å². The van der Waals surface area contributed by atoms with Gasteiger partial charge >= 0.3 is 31.3 Å². The van der Waals surface area contributed by atoms with Gasteiger partial charge in [-0.05, 0) is 0 Å². The summed E-state index contributed by atoms with van der Waals surface area (Å²) in [5.41, 5.74) is -11.3. The van der Waals surface area contributed by atoms with E-state index in [0.717, 1.165) is 0 Å². The number of rotatable bonds is 14. The molecule has 0 spiro atoms. The Bertz CT molecular complexity index is 1220. The van der Waals surface area contributed by atoms with Crippen molar-refractivity contribution in [1.29, 1.82) is 0 Å². The zero-order valence-electron chi connectivity index (χ0n) is 30.3. The third-order valence-corrected chi connectivity index (χ3v) is 102. The van der Waals surface area contributed by atoms with Gasteiger partial charge in [0.25, 0.3) is 15.0 Å². The molecule has 46 heavy (non-hydrogen) atoms. The average molecular weight is 883 g/mol. The van der Waals surface area contributed by atoms with E-state index in [1.807, 2.05) is 126 Å². The third kappa shape index (κ3) is 9.74. The van der Waals surface area contributed by atoms with Crippen LogP contribution in [0.3, 0.4) is 0 Å². The molecular weight excluding hydrogens is 829 g/mol. The van der Waals surface area contributed by atoms with Crippen LogP contribution in [0, 0.1) is 0 Å². The lowest BCUT2D eigenvalue weighted by Crippen LogP contribution is -2.84. The van der Waals surface area contributed by atoms with Crippen molar-refractivity contribution < 1.29 is 50.9 Å². The van der Waals surface area contributed by atoms with E-state index >= 15 is 0 Å². The minimum absolute atomic E-state index is 0.360. The number of nitrogens with zero attached hydrogens (tertiary/aromatic N) is 2. The van der Waals surface area contributed by atoms with Gasteiger partial charge in [0.2, 0.25) is 0 Å². The van der Waals surface area contributed by atoms with E-state index in [1.165, 1.54) is 0 Å². The Hall–Kier alpha value is 1.66. The van der Waals surface area contributed by atoms with Crippen molar-refractivity contribution in [2.24, 2.45) is 0 Å². The Morgan fingerprint density at radius 1 is 0.435 bits per heavy atom. The largest absolute Gasteiger partial charge is 0.522 e. The van der Waals surface area contributed by atoms with Crippen LogP contribution < -0.4 is 0 Å². The minimum Gasteiger partial charge on any atom is -0.296 e. The van der Waals surface area contributed by atoms with Gasteiger partial charge in [-0.1, -0.05) is 118 Å². The van der Waals surface area contributed by atoms with Crippen LogP contribution in [0.4, 0.5) is 26.3 Å². The smallest absolute Gasteiger partial charge is 0.296 e. The minimum atomic E-state index is -6.02. The van der Waals surface area contributed by atoms with Crippen LogP contribution in [0.2, 0.25) is 118 Å². The summed E-state index contributed by atoms with van der Waals surface area (Å²) in [4.78, 5) is 0. The molecule has 0 fully saturated rings. The number of hydrogen-bond acceptors (Lipinski definition) is 6. The topological polar surface area (TPSA) is 93.2 Å². The summed E-state index contributed by atoms with van der Waals surface area (Å²) in [6, 6.07) is 0. The van der Waals surface area contributed by atoms with E-state index in [2.05, 4.69) is 0 Å². The molecule has 0 rings (SSSR count). The first kappa shape index (κ1) is 47.7. The highest BCUT2D eigenvalue weighted by atomic mass is 32.2. The molecule has 0 aromatic rings. The number of halogens is 6. The Kier molecular flexibility index (Phi) is 14.4. The predicted molar refractivity (Wildman–Crippen MR) is 201 cm³/mol. The standard InChI is InChI=1S/C20H54F6N2O6P2S2Si8/c1-39(2,3)27(45(41(7,8)9,42(10,11)12)33-37(29,30)19(21,22)23)35-36-28(40(4,5)6)46(43(13,14)15,44(16,17)18)34-38(31,32)20(24,25)26/h1-18H3. The molecule has 26 heteroatoms. The Labute approximate surface area is 284 Å². The van der Waals surface area contributed by atoms with Crippen molar-refractivity contribution in [2.45, 2.75) is 129 Å². The van der Waals surface area contributed by atoms with Crippen LogP contribution in [-0.4, -0.2) is 97.7 Å². The molecule has 0 saturated heterocycles. The molecule has 0 heterocycles. The highest BCUT2D eigenvalue weighted by molar-refractivity contribution is 7.94. The Morgan fingerprint density at radius 2 is 0.609 bits per heavy atom. The molecule has 0 amide bonds. The van der Waals surface area contributed by atoms with E-state index in [0.29, 0.717) is 16.0 Å². The maximum atomic E-state index is 14.0. The van der Waals surface area contributed by atoms with E-state index in [9.17, 15) is 43.2 Å². The van der Waals surface area contributed by atoms with Crippen LogP contribution in [0.1, 0.15) is 0 Å². The van der Waals surface area contributed by atoms with Crippen molar-refractivity contribution in [3.8, 4) is 0 Å². The summed E-state index contributed by atoms with van der Waals surface area (Å²) in [7, 11) is -36.7. The van der Waals surface area contributed by atoms with Gasteiger partial charge in [-0.25, -0.2) is 0 Å². The van der Waals surface area contributed by atoms with Crippen molar-refractivity contribution in [3.63, 3.8) is 0 Å². The predicted octanol–water partition coefficient (Wildman–Crippen LogP) is 9.18. The second kappa shape index (κ2) is 13.9. The van der Waals surface area contributed by atoms with Crippen molar-refractivity contribution in [1.82, 2.24) is 8.00 Å². The molecule has 0 radical (unpaired) electrons. The van der Waals surface area contributed by atoms with Crippen molar-refractivity contribution in [3.05, 3.63) is 0 Å². The Morgan fingerprint density at radius 3 is 0.717 bits per heavy atom. The van der Waals surface area contributed by atoms with Gasteiger partial charge in [-0.3, -0.25) is 15.7 Å². The van der Waals surface area contributed by atoms with E-state index in [-0.39, 0.29) is 0 Å². The number of alkyl halides is 6. The fourth-order valence-corrected chi connectivity index (χ4v) is 156. The zero-order valence-corrected chi connectivity index (χ0v) is 41.7. The molecule has 0 saturated carbocycles. The molecule has 0 aliphatic carbocycles. The molecule has 0 N–H and O–H groups in total. The number of hydrogen-bond donors (Lipinski definition) is 0. The molecule has 0 aliphatic heterocycles. The lowest BCUT2D eigenvalue weighted by atomic mass is 11.6. The summed E-state index contributed by atoms with van der Waals surface area (Å²) in [6.07, 6.45) is 0. The van der Waals surface area contributed by atoms with E-state index < -0.39 is 93.1 Å². The van der Waals surface area contributed by atoms with E-state index in [4.69, 9.17) is 7.74 Å². The molecule has 276 valence electrons. The quantitative estimate of drug-likeness (QED) is 0.0739. The first-order chi connectivity index (χ1) is 19.4. The average Bonchev–Trinajstić information content (AvgIpc) is 2.67. The van der Waals surface area contributed by atoms with Gasteiger partial charge in [-0.2, -0.15) is 43.2 Å². The van der Waals surface area contributed by atoms with Crippen molar-refractivity contribution >= 4 is 98.1 Å². The molecule has 0 bridgehead atoms. The zero-order chi connectivity index (χ0) is 38.0. The molecule has 0 unspecified atom stereocenters. The first-order valence-electron chi connectivity index (χ1n) is 14.4. The van der Waals surface area contributed by atoms with Gasteiger partial charge in [-0.15, -0.1) is 0 Å². The van der Waals surface area contributed by atoms with Crippen LogP contribution in [-0.2, 0) is 28.0 Å². The highest BCUT2D eigenvalue weighted by Crippen LogP contribution is 2.50. The normalized spacial score (nSPS) is 16.7. The van der Waals surface area contributed by atoms with Gasteiger partial charge in [0, 0.05) is 16.0 Å². The van der Waals surface area contributed by atoms with Crippen LogP contribution >= 0.6 is 16.0 Å². The monoisotopic (exact) mass is 882 g/mol. The van der Waals surface area contributed by atoms with Gasteiger partial charge in [0.05, 0.1) is 30.4 Å². The molecule has 0 aliphatic rings. The lowest BCUT2D eigenvalue weighted by Gasteiger charge is -2.57. The van der Waals surface area contributed by atoms with Crippen molar-refractivity contribution in [2.75, 3.05) is 0 Å². The molecule has 8 nitrogen and oxygen atoms in total.